The highest BCUT2D eigenvalue weighted by atomic mass is 15.0. The molecular formula is C10H20N2. The average Bonchev–Trinajstić information content (AvgIpc) is 2.58. The van der Waals surface area contributed by atoms with Crippen molar-refractivity contribution in [2.45, 2.75) is 26.2 Å². The maximum Gasteiger partial charge on any atom is 0.00232 e. The molecule has 1 aliphatic carbocycles. The van der Waals surface area contributed by atoms with Crippen molar-refractivity contribution in [2.24, 2.45) is 11.3 Å². The molecule has 2 nitrogen and oxygen atoms in total. The van der Waals surface area contributed by atoms with Gasteiger partial charge in [0, 0.05) is 13.1 Å². The molecule has 1 saturated carbocycles. The van der Waals surface area contributed by atoms with Gasteiger partial charge in [0.05, 0.1) is 0 Å². The highest BCUT2D eigenvalue weighted by Gasteiger charge is 2.45. The molecule has 70 valence electrons. The Labute approximate surface area is 75.1 Å². The van der Waals surface area contributed by atoms with Crippen LogP contribution in [-0.2, 0) is 0 Å². The first kappa shape index (κ1) is 8.52. The van der Waals surface area contributed by atoms with E-state index in [9.17, 15) is 0 Å². The lowest BCUT2D eigenvalue weighted by atomic mass is 9.81. The van der Waals surface area contributed by atoms with Crippen molar-refractivity contribution in [1.29, 1.82) is 0 Å². The van der Waals surface area contributed by atoms with E-state index < -0.39 is 0 Å². The van der Waals surface area contributed by atoms with Gasteiger partial charge in [0.15, 0.2) is 0 Å². The minimum absolute atomic E-state index is 0.635. The lowest BCUT2D eigenvalue weighted by Crippen LogP contribution is -2.37. The van der Waals surface area contributed by atoms with Crippen LogP contribution in [0.2, 0.25) is 0 Å². The summed E-state index contributed by atoms with van der Waals surface area (Å²) in [7, 11) is 0. The maximum absolute atomic E-state index is 3.53. The molecule has 2 fully saturated rings. The van der Waals surface area contributed by atoms with E-state index in [0.717, 1.165) is 12.5 Å². The zero-order chi connectivity index (χ0) is 8.44. The van der Waals surface area contributed by atoms with Crippen molar-refractivity contribution < 1.29 is 0 Å². The highest BCUT2D eigenvalue weighted by Crippen LogP contribution is 2.45. The summed E-state index contributed by atoms with van der Waals surface area (Å²) >= 11 is 0. The van der Waals surface area contributed by atoms with E-state index in [0.29, 0.717) is 5.41 Å². The molecule has 12 heavy (non-hydrogen) atoms. The largest absolute Gasteiger partial charge is 0.316 e. The van der Waals surface area contributed by atoms with Crippen LogP contribution in [0.25, 0.3) is 0 Å². The fourth-order valence-corrected chi connectivity index (χ4v) is 2.93. The molecule has 0 bridgehead atoms. The molecule has 0 radical (unpaired) electrons. The lowest BCUT2D eigenvalue weighted by molar-refractivity contribution is 0.258. The van der Waals surface area contributed by atoms with Gasteiger partial charge < -0.3 is 10.6 Å². The van der Waals surface area contributed by atoms with Crippen molar-refractivity contribution in [3.05, 3.63) is 0 Å². The van der Waals surface area contributed by atoms with Gasteiger partial charge in [-0.25, -0.2) is 0 Å². The van der Waals surface area contributed by atoms with E-state index in [1.54, 1.807) is 0 Å². The Morgan fingerprint density at radius 3 is 3.33 bits per heavy atom. The molecule has 0 aromatic carbocycles. The van der Waals surface area contributed by atoms with Gasteiger partial charge in [-0.1, -0.05) is 13.3 Å². The van der Waals surface area contributed by atoms with E-state index in [1.807, 2.05) is 0 Å². The second kappa shape index (κ2) is 3.35. The van der Waals surface area contributed by atoms with E-state index >= 15 is 0 Å². The summed E-state index contributed by atoms with van der Waals surface area (Å²) in [4.78, 5) is 0. The summed E-state index contributed by atoms with van der Waals surface area (Å²) < 4.78 is 0. The number of hydrogen-bond donors (Lipinski definition) is 2. The van der Waals surface area contributed by atoms with Crippen molar-refractivity contribution in [2.75, 3.05) is 26.2 Å². The summed E-state index contributed by atoms with van der Waals surface area (Å²) in [6, 6.07) is 0. The molecule has 0 aromatic heterocycles. The lowest BCUT2D eigenvalue weighted by Gasteiger charge is -2.28. The summed E-state index contributed by atoms with van der Waals surface area (Å²) in [5.41, 5.74) is 0.635. The van der Waals surface area contributed by atoms with Crippen molar-refractivity contribution in [3.63, 3.8) is 0 Å². The molecule has 2 atom stereocenters. The molecule has 1 aliphatic heterocycles. The summed E-state index contributed by atoms with van der Waals surface area (Å²) in [6.07, 6.45) is 4.35. The van der Waals surface area contributed by atoms with E-state index in [4.69, 9.17) is 0 Å². The second-order valence-electron chi connectivity index (χ2n) is 4.36. The Morgan fingerprint density at radius 2 is 2.50 bits per heavy atom. The smallest absolute Gasteiger partial charge is 0.00232 e. The predicted molar refractivity (Wildman–Crippen MR) is 51.2 cm³/mol. The average molecular weight is 168 g/mol. The van der Waals surface area contributed by atoms with Crippen LogP contribution in [0.1, 0.15) is 26.2 Å². The summed E-state index contributed by atoms with van der Waals surface area (Å²) in [5, 5.41) is 7.05. The molecular weight excluding hydrogens is 148 g/mol. The van der Waals surface area contributed by atoms with Crippen molar-refractivity contribution in [3.8, 4) is 0 Å². The molecule has 1 saturated heterocycles. The molecule has 1 heterocycles. The summed E-state index contributed by atoms with van der Waals surface area (Å²) in [6.45, 7) is 7.08. The Bertz CT molecular complexity index is 146. The third kappa shape index (κ3) is 1.27. The standard InChI is InChI=1S/C10H20N2/c1-2-11-7-10-5-3-4-9(10)6-12-8-10/h9,11-12H,2-8H2,1H3. The molecule has 2 heteroatoms. The predicted octanol–water partition coefficient (Wildman–Crippen LogP) is 0.986. The molecule has 0 amide bonds. The van der Waals surface area contributed by atoms with Crippen LogP contribution in [0.5, 0.6) is 0 Å². The number of nitrogens with one attached hydrogen (secondary N) is 2. The Kier molecular flexibility index (Phi) is 2.37. The fourth-order valence-electron chi connectivity index (χ4n) is 2.93. The van der Waals surface area contributed by atoms with Gasteiger partial charge in [0.1, 0.15) is 0 Å². The molecule has 0 spiro atoms. The Balaban J connectivity index is 1.97. The van der Waals surface area contributed by atoms with Gasteiger partial charge in [0.25, 0.3) is 0 Å². The monoisotopic (exact) mass is 168 g/mol. The number of hydrogen-bond acceptors (Lipinski definition) is 2. The second-order valence-corrected chi connectivity index (χ2v) is 4.36. The first-order valence-electron chi connectivity index (χ1n) is 5.29. The van der Waals surface area contributed by atoms with Crippen LogP contribution < -0.4 is 10.6 Å². The molecule has 2 N–H and O–H groups in total. The topological polar surface area (TPSA) is 24.1 Å². The third-order valence-electron chi connectivity index (χ3n) is 3.69. The number of fused-ring (bicyclic) bond motifs is 1. The molecule has 2 unspecified atom stereocenters. The highest BCUT2D eigenvalue weighted by molar-refractivity contribution is 5.00. The van der Waals surface area contributed by atoms with E-state index in [1.165, 1.54) is 38.9 Å². The quantitative estimate of drug-likeness (QED) is 0.656. The van der Waals surface area contributed by atoms with Crippen LogP contribution >= 0.6 is 0 Å². The molecule has 2 rings (SSSR count). The van der Waals surface area contributed by atoms with Gasteiger partial charge in [-0.05, 0) is 37.3 Å². The first-order chi connectivity index (χ1) is 5.87. The Hall–Kier alpha value is -0.0800. The third-order valence-corrected chi connectivity index (χ3v) is 3.69. The van der Waals surface area contributed by atoms with Gasteiger partial charge in [-0.2, -0.15) is 0 Å². The van der Waals surface area contributed by atoms with Crippen LogP contribution in [0.3, 0.4) is 0 Å². The van der Waals surface area contributed by atoms with Gasteiger partial charge in [0.2, 0.25) is 0 Å². The maximum atomic E-state index is 3.53. The first-order valence-corrected chi connectivity index (χ1v) is 5.29. The fraction of sp³-hybridized carbons (Fsp3) is 1.00. The zero-order valence-electron chi connectivity index (χ0n) is 8.03. The number of rotatable bonds is 3. The van der Waals surface area contributed by atoms with Crippen molar-refractivity contribution in [1.82, 2.24) is 10.6 Å². The SMILES string of the molecule is CCNCC12CCCC1CNC2. The van der Waals surface area contributed by atoms with Crippen LogP contribution in [-0.4, -0.2) is 26.2 Å². The van der Waals surface area contributed by atoms with Crippen LogP contribution in [0, 0.1) is 11.3 Å². The van der Waals surface area contributed by atoms with Gasteiger partial charge in [-0.3, -0.25) is 0 Å². The van der Waals surface area contributed by atoms with E-state index in [2.05, 4.69) is 17.6 Å². The normalized spacial score (nSPS) is 40.2. The Morgan fingerprint density at radius 1 is 1.58 bits per heavy atom. The minimum atomic E-state index is 0.635. The van der Waals surface area contributed by atoms with Gasteiger partial charge in [-0.15, -0.1) is 0 Å². The summed E-state index contributed by atoms with van der Waals surface area (Å²) in [5.74, 6) is 0.969. The van der Waals surface area contributed by atoms with E-state index in [-0.39, 0.29) is 0 Å². The minimum Gasteiger partial charge on any atom is -0.316 e. The van der Waals surface area contributed by atoms with Crippen molar-refractivity contribution >= 4 is 0 Å². The molecule has 2 aliphatic rings. The molecule has 0 aromatic rings. The zero-order valence-corrected chi connectivity index (χ0v) is 8.03. The van der Waals surface area contributed by atoms with Crippen LogP contribution in [0.4, 0.5) is 0 Å². The van der Waals surface area contributed by atoms with Crippen LogP contribution in [0.15, 0.2) is 0 Å². The van der Waals surface area contributed by atoms with Gasteiger partial charge >= 0.3 is 0 Å².